The number of carbonyl (C=O) groups excluding carboxylic acids is 2. The van der Waals surface area contributed by atoms with Gasteiger partial charge < -0.3 is 45.1 Å². The van der Waals surface area contributed by atoms with Gasteiger partial charge in [-0.2, -0.15) is 0 Å². The van der Waals surface area contributed by atoms with Crippen LogP contribution < -0.4 is 5.32 Å². The fourth-order valence-electron chi connectivity index (χ4n) is 9.01. The highest BCUT2D eigenvalue weighted by Gasteiger charge is 2.47. The Balaban J connectivity index is 2.68. The summed E-state index contributed by atoms with van der Waals surface area (Å²) in [5, 5.41) is 56.9. The Morgan fingerprint density at radius 2 is 1.01 bits per heavy atom. The number of carbonyl (C=O) groups is 2. The molecule has 6 N–H and O–H groups in total. The summed E-state index contributed by atoms with van der Waals surface area (Å²) in [4.78, 5) is 26.5. The molecule has 0 saturated carbocycles. The third kappa shape index (κ3) is 39.8. The monoisotopic (exact) mass is 1050 g/mol. The van der Waals surface area contributed by atoms with Crippen molar-refractivity contribution in [1.82, 2.24) is 5.32 Å². The van der Waals surface area contributed by atoms with Gasteiger partial charge in [0.25, 0.3) is 0 Å². The summed E-state index contributed by atoms with van der Waals surface area (Å²) in [5.74, 6) is -1.22. The molecule has 1 amide bonds. The number of ether oxygens (including phenoxy) is 3. The molecule has 1 heterocycles. The first-order valence-electron chi connectivity index (χ1n) is 30.4. The van der Waals surface area contributed by atoms with Gasteiger partial charge in [0.05, 0.1) is 25.4 Å². The molecule has 8 atom stereocenters. The van der Waals surface area contributed by atoms with Crippen molar-refractivity contribution in [1.29, 1.82) is 0 Å². The van der Waals surface area contributed by atoms with E-state index >= 15 is 0 Å². The lowest BCUT2D eigenvalue weighted by Gasteiger charge is -2.41. The molecule has 0 spiro atoms. The zero-order chi connectivity index (χ0) is 54.7. The summed E-state index contributed by atoms with van der Waals surface area (Å²) in [6.45, 7) is 5.60. The third-order valence-corrected chi connectivity index (χ3v) is 13.8. The summed E-state index contributed by atoms with van der Waals surface area (Å²) in [5.41, 5.74) is 0. The van der Waals surface area contributed by atoms with Crippen LogP contribution in [0.3, 0.4) is 0 Å². The lowest BCUT2D eigenvalue weighted by molar-refractivity contribution is -0.305. The maximum absolute atomic E-state index is 13.4. The van der Waals surface area contributed by atoms with Crippen LogP contribution in [0.15, 0.2) is 85.1 Å². The Hall–Kier alpha value is -3.16. The predicted molar refractivity (Wildman–Crippen MR) is 310 cm³/mol. The van der Waals surface area contributed by atoms with Gasteiger partial charge in [0.15, 0.2) is 12.4 Å². The highest BCUT2D eigenvalue weighted by molar-refractivity contribution is 5.80. The SMILES string of the molecule is CC/C=C/C=C/C=C/CCCCCCCCCC(=O)OC1C(OCC(NC(=O)C(O)CCCCCCCCC/C=C\C/C=C\C/C=C\CCCCC)C(O)/C=C/CCCCCCCCCCC)OC(CO)C(O)C1O. The van der Waals surface area contributed by atoms with Crippen molar-refractivity contribution in [3.8, 4) is 0 Å². The van der Waals surface area contributed by atoms with E-state index in [0.29, 0.717) is 12.8 Å². The summed E-state index contributed by atoms with van der Waals surface area (Å²) in [7, 11) is 0. The van der Waals surface area contributed by atoms with Crippen molar-refractivity contribution in [3.05, 3.63) is 85.1 Å². The maximum Gasteiger partial charge on any atom is 0.306 e. The highest BCUT2D eigenvalue weighted by atomic mass is 16.7. The van der Waals surface area contributed by atoms with E-state index in [1.165, 1.54) is 83.5 Å². The number of hydrogen-bond donors (Lipinski definition) is 6. The molecule has 8 unspecified atom stereocenters. The van der Waals surface area contributed by atoms with Gasteiger partial charge in [0, 0.05) is 6.42 Å². The molecule has 11 heteroatoms. The summed E-state index contributed by atoms with van der Waals surface area (Å²) in [6, 6.07) is -1.03. The van der Waals surface area contributed by atoms with Crippen molar-refractivity contribution in [2.75, 3.05) is 13.2 Å². The van der Waals surface area contributed by atoms with Crippen LogP contribution in [0.4, 0.5) is 0 Å². The molecular formula is C64H111NO10. The number of rotatable bonds is 50. The second kappa shape index (κ2) is 51.6. The number of unbranched alkanes of at least 4 members (excludes halogenated alkanes) is 26. The first kappa shape index (κ1) is 69.9. The summed E-state index contributed by atoms with van der Waals surface area (Å²) in [6.07, 6.45) is 56.2. The average Bonchev–Trinajstić information content (AvgIpc) is 3.41. The summed E-state index contributed by atoms with van der Waals surface area (Å²) >= 11 is 0. The fraction of sp³-hybridized carbons (Fsp3) is 0.750. The molecule has 1 aliphatic heterocycles. The molecule has 1 aliphatic rings. The molecule has 1 rings (SSSR count). The number of amides is 1. The third-order valence-electron chi connectivity index (χ3n) is 13.8. The number of esters is 1. The van der Waals surface area contributed by atoms with Gasteiger partial charge in [-0.25, -0.2) is 0 Å². The largest absolute Gasteiger partial charge is 0.454 e. The Kier molecular flexibility index (Phi) is 48.0. The van der Waals surface area contributed by atoms with Crippen LogP contribution >= 0.6 is 0 Å². The van der Waals surface area contributed by atoms with Crippen LogP contribution in [0.1, 0.15) is 245 Å². The predicted octanol–water partition coefficient (Wildman–Crippen LogP) is 14.2. The molecule has 0 aromatic rings. The van der Waals surface area contributed by atoms with Gasteiger partial charge in [0.1, 0.15) is 24.4 Å². The molecule has 0 aromatic carbocycles. The van der Waals surface area contributed by atoms with Crippen LogP contribution in [0, 0.1) is 0 Å². The Bertz CT molecular complexity index is 1540. The van der Waals surface area contributed by atoms with Crippen LogP contribution in [0.2, 0.25) is 0 Å². The second-order valence-electron chi connectivity index (χ2n) is 20.8. The lowest BCUT2D eigenvalue weighted by atomic mass is 9.99. The first-order valence-corrected chi connectivity index (χ1v) is 30.4. The van der Waals surface area contributed by atoms with Crippen molar-refractivity contribution < 1.29 is 49.3 Å². The molecular weight excluding hydrogens is 943 g/mol. The van der Waals surface area contributed by atoms with Gasteiger partial charge in [0.2, 0.25) is 5.91 Å². The normalized spacial score (nSPS) is 19.8. The minimum atomic E-state index is -1.62. The first-order chi connectivity index (χ1) is 36.7. The zero-order valence-corrected chi connectivity index (χ0v) is 47.6. The molecule has 1 saturated heterocycles. The van der Waals surface area contributed by atoms with Crippen molar-refractivity contribution in [2.45, 2.75) is 294 Å². The molecule has 0 radical (unpaired) electrons. The molecule has 0 aromatic heterocycles. The zero-order valence-electron chi connectivity index (χ0n) is 47.6. The van der Waals surface area contributed by atoms with E-state index < -0.39 is 67.4 Å². The van der Waals surface area contributed by atoms with E-state index in [4.69, 9.17) is 14.2 Å². The number of hydrogen-bond acceptors (Lipinski definition) is 10. The van der Waals surface area contributed by atoms with E-state index in [9.17, 15) is 35.1 Å². The van der Waals surface area contributed by atoms with Crippen molar-refractivity contribution >= 4 is 11.9 Å². The van der Waals surface area contributed by atoms with E-state index in [0.717, 1.165) is 116 Å². The molecule has 0 bridgehead atoms. The van der Waals surface area contributed by atoms with Crippen LogP contribution in [-0.2, 0) is 23.8 Å². The number of allylic oxidation sites excluding steroid dienone is 13. The Morgan fingerprint density at radius 1 is 0.547 bits per heavy atom. The van der Waals surface area contributed by atoms with E-state index in [1.807, 2.05) is 12.2 Å². The summed E-state index contributed by atoms with van der Waals surface area (Å²) < 4.78 is 17.6. The van der Waals surface area contributed by atoms with Gasteiger partial charge in [-0.05, 0) is 83.5 Å². The van der Waals surface area contributed by atoms with Gasteiger partial charge >= 0.3 is 5.97 Å². The minimum absolute atomic E-state index is 0.106. The second-order valence-corrected chi connectivity index (χ2v) is 20.8. The Morgan fingerprint density at radius 3 is 1.57 bits per heavy atom. The van der Waals surface area contributed by atoms with Crippen LogP contribution in [0.25, 0.3) is 0 Å². The fourth-order valence-corrected chi connectivity index (χ4v) is 9.01. The number of nitrogens with one attached hydrogen (secondary N) is 1. The number of aliphatic hydroxyl groups excluding tert-OH is 5. The molecule has 11 nitrogen and oxygen atoms in total. The van der Waals surface area contributed by atoms with Gasteiger partial charge in [-0.1, -0.05) is 241 Å². The highest BCUT2D eigenvalue weighted by Crippen LogP contribution is 2.26. The van der Waals surface area contributed by atoms with Crippen LogP contribution in [-0.4, -0.2) is 99.6 Å². The van der Waals surface area contributed by atoms with Crippen LogP contribution in [0.5, 0.6) is 0 Å². The van der Waals surface area contributed by atoms with Crippen molar-refractivity contribution in [2.24, 2.45) is 0 Å². The topological polar surface area (TPSA) is 175 Å². The minimum Gasteiger partial charge on any atom is -0.454 e. The Labute approximate surface area is 457 Å². The van der Waals surface area contributed by atoms with E-state index in [2.05, 4.69) is 92.9 Å². The van der Waals surface area contributed by atoms with E-state index in [-0.39, 0.29) is 19.4 Å². The van der Waals surface area contributed by atoms with Gasteiger partial charge in [-0.3, -0.25) is 9.59 Å². The smallest absolute Gasteiger partial charge is 0.306 e. The number of aliphatic hydroxyl groups is 5. The molecule has 75 heavy (non-hydrogen) atoms. The molecule has 0 aliphatic carbocycles. The lowest BCUT2D eigenvalue weighted by Crippen LogP contribution is -2.61. The van der Waals surface area contributed by atoms with Gasteiger partial charge in [-0.15, -0.1) is 0 Å². The van der Waals surface area contributed by atoms with E-state index in [1.54, 1.807) is 6.08 Å². The molecule has 432 valence electrons. The standard InChI is InChI=1S/C64H111NO10/c1-4-7-10-13-16-19-22-24-26-27-28-29-30-32-33-36-39-42-45-48-51-57(68)63(72)65-55(56(67)50-47-44-41-38-35-21-18-15-12-9-6-3)54-73-64-62(61(71)60(70)58(53-66)74-64)75-59(69)52-49-46-43-40-37-34-31-25-23-20-17-14-11-8-5-2/h8,11,14,16-17,19-20,23-24,26,28-29,47,50,55-58,60-62,64,66-68,70-71H,4-7,9-10,12-13,15,18,21-22,25,27,30-46,48-49,51-54H2,1-3H3,(H,65,72)/b11-8+,17-14+,19-16-,23-20+,26-24-,29-28-,50-47+. The maximum atomic E-state index is 13.4. The van der Waals surface area contributed by atoms with Crippen molar-refractivity contribution in [3.63, 3.8) is 0 Å². The quantitative estimate of drug-likeness (QED) is 0.0149. The average molecular weight is 1050 g/mol. The molecule has 1 fully saturated rings.